The minimum Gasteiger partial charge on any atom is -0.489 e. The lowest BCUT2D eigenvalue weighted by Gasteiger charge is -2.18. The molecule has 0 fully saturated rings. The Morgan fingerprint density at radius 3 is 2.38 bits per heavy atom. The third-order valence-electron chi connectivity index (χ3n) is 4.79. The number of hydrogen-bond donors (Lipinski definition) is 2. The molecule has 2 aromatic rings. The largest absolute Gasteiger partial charge is 0.489 e. The van der Waals surface area contributed by atoms with Crippen molar-refractivity contribution in [3.05, 3.63) is 77.9 Å². The third-order valence-corrected chi connectivity index (χ3v) is 4.79. The summed E-state index contributed by atoms with van der Waals surface area (Å²) in [5.74, 6) is 1.62. The predicted molar refractivity (Wildman–Crippen MR) is 143 cm³/mol. The molecule has 2 aromatic carbocycles. The Labute approximate surface area is 209 Å². The number of aliphatic imine (C=N–C) groups is 1. The fourth-order valence-corrected chi connectivity index (χ4v) is 3.08. The van der Waals surface area contributed by atoms with E-state index in [4.69, 9.17) is 4.74 Å². The van der Waals surface area contributed by atoms with Gasteiger partial charge < -0.3 is 20.3 Å². The highest BCUT2D eigenvalue weighted by Gasteiger charge is 2.12. The molecule has 1 amide bonds. The van der Waals surface area contributed by atoms with Crippen LogP contribution in [0.25, 0.3) is 0 Å². The van der Waals surface area contributed by atoms with Crippen molar-refractivity contribution >= 4 is 35.8 Å². The molecular weight excluding hydrogens is 515 g/mol. The molecular formula is C25H35IN4O2. The minimum atomic E-state index is 0. The number of carbonyl (C=O) groups excluding carboxylic acids is 1. The van der Waals surface area contributed by atoms with Crippen LogP contribution < -0.4 is 15.4 Å². The Morgan fingerprint density at radius 1 is 1.06 bits per heavy atom. The summed E-state index contributed by atoms with van der Waals surface area (Å²) in [5, 5.41) is 6.62. The van der Waals surface area contributed by atoms with E-state index in [0.717, 1.165) is 29.4 Å². The molecule has 2 N–H and O–H groups in total. The van der Waals surface area contributed by atoms with Crippen LogP contribution in [0.15, 0.2) is 66.2 Å². The molecule has 0 aromatic heterocycles. The fraction of sp³-hybridized carbons (Fsp3) is 0.360. The summed E-state index contributed by atoms with van der Waals surface area (Å²) in [5.41, 5.74) is 2.80. The van der Waals surface area contributed by atoms with Gasteiger partial charge in [0.1, 0.15) is 12.4 Å². The van der Waals surface area contributed by atoms with Crippen molar-refractivity contribution < 1.29 is 9.53 Å². The quantitative estimate of drug-likeness (QED) is 0.186. The van der Waals surface area contributed by atoms with Crippen molar-refractivity contribution in [2.24, 2.45) is 4.99 Å². The molecule has 0 unspecified atom stereocenters. The van der Waals surface area contributed by atoms with Crippen LogP contribution >= 0.6 is 24.0 Å². The zero-order valence-corrected chi connectivity index (χ0v) is 21.6. The van der Waals surface area contributed by atoms with Crippen molar-refractivity contribution in [3.63, 3.8) is 0 Å². The highest BCUT2D eigenvalue weighted by atomic mass is 127. The van der Waals surface area contributed by atoms with Gasteiger partial charge in [-0.3, -0.25) is 4.79 Å². The number of amides is 1. The van der Waals surface area contributed by atoms with E-state index in [9.17, 15) is 4.79 Å². The topological polar surface area (TPSA) is 66.0 Å². The average Bonchev–Trinajstić information content (AvgIpc) is 2.81. The second-order valence-electron chi connectivity index (χ2n) is 6.93. The number of halogens is 1. The number of hydrogen-bond acceptors (Lipinski definition) is 3. The van der Waals surface area contributed by atoms with E-state index in [1.807, 2.05) is 74.2 Å². The summed E-state index contributed by atoms with van der Waals surface area (Å²) in [6.07, 6.45) is 1.73. The van der Waals surface area contributed by atoms with E-state index in [1.54, 1.807) is 6.08 Å². The summed E-state index contributed by atoms with van der Waals surface area (Å²) in [7, 11) is 0. The predicted octanol–water partition coefficient (Wildman–Crippen LogP) is 4.61. The second kappa shape index (κ2) is 15.3. The molecule has 0 radical (unpaired) electrons. The molecule has 0 aliphatic carbocycles. The minimum absolute atomic E-state index is 0. The third kappa shape index (κ3) is 8.53. The monoisotopic (exact) mass is 550 g/mol. The molecule has 0 aliphatic heterocycles. The van der Waals surface area contributed by atoms with Gasteiger partial charge in [-0.05, 0) is 44.5 Å². The van der Waals surface area contributed by atoms with Gasteiger partial charge in [0.2, 0.25) is 0 Å². The van der Waals surface area contributed by atoms with Crippen LogP contribution in [0, 0.1) is 0 Å². The molecule has 0 spiro atoms. The van der Waals surface area contributed by atoms with Crippen molar-refractivity contribution in [1.29, 1.82) is 0 Å². The Balaban J connectivity index is 0.00000512. The lowest BCUT2D eigenvalue weighted by molar-refractivity contribution is 0.0773. The van der Waals surface area contributed by atoms with Crippen molar-refractivity contribution in [1.82, 2.24) is 15.5 Å². The number of rotatable bonds is 11. The number of nitrogens with one attached hydrogen (secondary N) is 2. The van der Waals surface area contributed by atoms with Crippen molar-refractivity contribution in [3.8, 4) is 5.75 Å². The van der Waals surface area contributed by atoms with Crippen LogP contribution in [0.4, 0.5) is 0 Å². The van der Waals surface area contributed by atoms with Gasteiger partial charge in [-0.25, -0.2) is 4.99 Å². The van der Waals surface area contributed by atoms with Gasteiger partial charge in [0, 0.05) is 37.3 Å². The summed E-state index contributed by atoms with van der Waals surface area (Å²) in [6.45, 7) is 13.5. The number of benzene rings is 2. The highest BCUT2D eigenvalue weighted by Crippen LogP contribution is 2.17. The maximum absolute atomic E-state index is 12.4. The number of nitrogens with zero attached hydrogens (tertiary/aromatic N) is 2. The maximum atomic E-state index is 12.4. The van der Waals surface area contributed by atoms with Gasteiger partial charge in [0.05, 0.1) is 6.54 Å². The van der Waals surface area contributed by atoms with Gasteiger partial charge >= 0.3 is 0 Å². The van der Waals surface area contributed by atoms with E-state index >= 15 is 0 Å². The van der Waals surface area contributed by atoms with Crippen molar-refractivity contribution in [2.75, 3.05) is 26.2 Å². The number of carbonyl (C=O) groups is 1. The summed E-state index contributed by atoms with van der Waals surface area (Å²) in [4.78, 5) is 18.9. The first-order valence-electron chi connectivity index (χ1n) is 10.8. The molecule has 0 aliphatic rings. The Bertz CT molecular complexity index is 865. The Morgan fingerprint density at radius 2 is 1.75 bits per heavy atom. The first-order valence-corrected chi connectivity index (χ1v) is 10.8. The van der Waals surface area contributed by atoms with Gasteiger partial charge in [-0.15, -0.1) is 24.0 Å². The molecule has 2 rings (SSSR count). The number of guanidine groups is 1. The first-order chi connectivity index (χ1) is 15.1. The lowest BCUT2D eigenvalue weighted by atomic mass is 10.1. The van der Waals surface area contributed by atoms with Crippen LogP contribution in [0.3, 0.4) is 0 Å². The molecule has 0 saturated carbocycles. The molecule has 6 nitrogen and oxygen atoms in total. The smallest absolute Gasteiger partial charge is 0.253 e. The Kier molecular flexibility index (Phi) is 13.1. The normalized spacial score (nSPS) is 10.7. The zero-order valence-electron chi connectivity index (χ0n) is 19.3. The van der Waals surface area contributed by atoms with Crippen molar-refractivity contribution in [2.45, 2.75) is 33.9 Å². The Hall–Kier alpha value is -2.55. The highest BCUT2D eigenvalue weighted by molar-refractivity contribution is 14.0. The van der Waals surface area contributed by atoms with Crippen LogP contribution in [0.2, 0.25) is 0 Å². The summed E-state index contributed by atoms with van der Waals surface area (Å²) < 4.78 is 5.72. The van der Waals surface area contributed by atoms with Gasteiger partial charge in [-0.2, -0.15) is 0 Å². The van der Waals surface area contributed by atoms with E-state index < -0.39 is 0 Å². The van der Waals surface area contributed by atoms with E-state index in [0.29, 0.717) is 38.3 Å². The van der Waals surface area contributed by atoms with E-state index in [1.165, 1.54) is 0 Å². The molecule has 0 heterocycles. The molecule has 0 saturated heterocycles. The molecule has 7 heteroatoms. The van der Waals surface area contributed by atoms with Gasteiger partial charge in [-0.1, -0.05) is 43.0 Å². The molecule has 32 heavy (non-hydrogen) atoms. The van der Waals surface area contributed by atoms with Crippen LogP contribution in [-0.4, -0.2) is 43.0 Å². The van der Waals surface area contributed by atoms with Crippen LogP contribution in [-0.2, 0) is 13.1 Å². The SMILES string of the molecule is C=CCOc1ccccc1CNC(=NCc1ccc(C(=O)N(CC)CC)cc1)NCC.I. The average molecular weight is 550 g/mol. The van der Waals surface area contributed by atoms with E-state index in [2.05, 4.69) is 22.2 Å². The lowest BCUT2D eigenvalue weighted by Crippen LogP contribution is -2.36. The summed E-state index contributed by atoms with van der Waals surface area (Å²) >= 11 is 0. The van der Waals surface area contributed by atoms with Gasteiger partial charge in [0.25, 0.3) is 5.91 Å². The zero-order chi connectivity index (χ0) is 22.5. The number of para-hydroxylation sites is 1. The van der Waals surface area contributed by atoms with Gasteiger partial charge in [0.15, 0.2) is 5.96 Å². The second-order valence-corrected chi connectivity index (χ2v) is 6.93. The first kappa shape index (κ1) is 27.5. The van der Waals surface area contributed by atoms with Crippen LogP contribution in [0.5, 0.6) is 5.75 Å². The van der Waals surface area contributed by atoms with E-state index in [-0.39, 0.29) is 29.9 Å². The maximum Gasteiger partial charge on any atom is 0.253 e. The fourth-order valence-electron chi connectivity index (χ4n) is 3.08. The summed E-state index contributed by atoms with van der Waals surface area (Å²) in [6, 6.07) is 15.6. The molecule has 174 valence electrons. The standard InChI is InChI=1S/C25H34N4O2.HI/c1-5-17-31-23-12-10-9-11-22(23)19-28-25(26-6-2)27-18-20-13-15-21(16-14-20)24(30)29(7-3)8-4;/h5,9-16H,1,6-8,17-19H2,2-4H3,(H2,26,27,28);1H. The molecule has 0 bridgehead atoms. The van der Waals surface area contributed by atoms with Crippen LogP contribution in [0.1, 0.15) is 42.3 Å². The molecule has 0 atom stereocenters. The number of ether oxygens (including phenoxy) is 1.